The molecule has 6 nitrogen and oxygen atoms in total. The Balaban J connectivity index is 0.00000264. The van der Waals surface area contributed by atoms with Gasteiger partial charge in [-0.3, -0.25) is 4.99 Å². The van der Waals surface area contributed by atoms with Gasteiger partial charge in [-0.05, 0) is 19.8 Å². The van der Waals surface area contributed by atoms with Crippen LogP contribution in [0.4, 0.5) is 0 Å². The summed E-state index contributed by atoms with van der Waals surface area (Å²) < 4.78 is 11.0. The summed E-state index contributed by atoms with van der Waals surface area (Å²) in [5, 5.41) is 7.62. The number of nitrogens with one attached hydrogen (secondary N) is 2. The van der Waals surface area contributed by atoms with E-state index in [0.717, 1.165) is 56.8 Å². The van der Waals surface area contributed by atoms with E-state index in [2.05, 4.69) is 27.5 Å². The van der Waals surface area contributed by atoms with Crippen molar-refractivity contribution in [3.05, 3.63) is 16.1 Å². The van der Waals surface area contributed by atoms with Crippen molar-refractivity contribution in [3.8, 4) is 0 Å². The van der Waals surface area contributed by atoms with Crippen LogP contribution in [0, 0.1) is 12.8 Å². The Hall–Kier alpha value is -0.450. The van der Waals surface area contributed by atoms with Crippen LogP contribution in [0.15, 0.2) is 11.2 Å². The van der Waals surface area contributed by atoms with Crippen molar-refractivity contribution < 1.29 is 9.47 Å². The number of thiazole rings is 1. The van der Waals surface area contributed by atoms with E-state index in [0.29, 0.717) is 12.5 Å². The highest BCUT2D eigenvalue weighted by Crippen LogP contribution is 2.12. The largest absolute Gasteiger partial charge is 0.381 e. The molecule has 2 rings (SSSR count). The van der Waals surface area contributed by atoms with E-state index in [1.807, 2.05) is 6.20 Å². The first-order valence-corrected chi connectivity index (χ1v) is 8.61. The number of aliphatic imine (C=N–C) groups is 1. The van der Waals surface area contributed by atoms with Crippen LogP contribution in [0.3, 0.4) is 0 Å². The highest BCUT2D eigenvalue weighted by atomic mass is 127. The molecular weight excluding hydrogens is 427 g/mol. The summed E-state index contributed by atoms with van der Waals surface area (Å²) in [5.74, 6) is 1.39. The van der Waals surface area contributed by atoms with Crippen LogP contribution in [0.5, 0.6) is 0 Å². The van der Waals surface area contributed by atoms with E-state index in [1.165, 1.54) is 4.88 Å². The fourth-order valence-electron chi connectivity index (χ4n) is 2.21. The Labute approximate surface area is 159 Å². The lowest BCUT2D eigenvalue weighted by molar-refractivity contribution is 0.0888. The van der Waals surface area contributed by atoms with Gasteiger partial charge in [0.2, 0.25) is 0 Å². The van der Waals surface area contributed by atoms with Gasteiger partial charge in [0.15, 0.2) is 5.96 Å². The summed E-state index contributed by atoms with van der Waals surface area (Å²) in [6, 6.07) is 0. The third-order valence-corrected chi connectivity index (χ3v) is 4.35. The zero-order valence-corrected chi connectivity index (χ0v) is 17.0. The number of aryl methyl sites for hydroxylation is 1. The van der Waals surface area contributed by atoms with Gasteiger partial charge in [-0.2, -0.15) is 0 Å². The molecule has 1 atom stereocenters. The first-order chi connectivity index (χ1) is 10.8. The second-order valence-electron chi connectivity index (χ2n) is 5.38. The van der Waals surface area contributed by atoms with Gasteiger partial charge >= 0.3 is 0 Å². The third kappa shape index (κ3) is 8.27. The van der Waals surface area contributed by atoms with E-state index in [1.54, 1.807) is 18.4 Å². The molecule has 1 unspecified atom stereocenters. The molecule has 2 heterocycles. The van der Waals surface area contributed by atoms with Crippen LogP contribution >= 0.6 is 35.3 Å². The van der Waals surface area contributed by atoms with Crippen molar-refractivity contribution in [1.29, 1.82) is 0 Å². The molecule has 1 aromatic heterocycles. The molecule has 8 heteroatoms. The molecule has 23 heavy (non-hydrogen) atoms. The maximum Gasteiger partial charge on any atom is 0.191 e. The predicted molar refractivity (Wildman–Crippen MR) is 105 cm³/mol. The van der Waals surface area contributed by atoms with Crippen LogP contribution in [-0.4, -0.2) is 51.0 Å². The monoisotopic (exact) mass is 454 g/mol. The molecule has 0 aliphatic carbocycles. The van der Waals surface area contributed by atoms with Crippen LogP contribution < -0.4 is 10.6 Å². The van der Waals surface area contributed by atoms with Gasteiger partial charge in [0, 0.05) is 43.8 Å². The second kappa shape index (κ2) is 12.0. The fourth-order valence-corrected chi connectivity index (χ4v) is 2.94. The molecule has 2 N–H and O–H groups in total. The number of halogens is 1. The van der Waals surface area contributed by atoms with Crippen molar-refractivity contribution in [2.24, 2.45) is 10.9 Å². The minimum atomic E-state index is 0. The molecule has 0 aromatic carbocycles. The predicted octanol–water partition coefficient (Wildman–Crippen LogP) is 2.18. The standard InChI is InChI=1S/C15H26N4O2S.HI/c1-12-8-18-14(22-12)9-19-15(16-2)17-5-3-6-20-10-13-4-7-21-11-13;/h8,13H,3-7,9-11H2,1-2H3,(H2,16,17,19);1H. The molecule has 0 radical (unpaired) electrons. The first kappa shape index (κ1) is 20.6. The van der Waals surface area contributed by atoms with Gasteiger partial charge in [0.05, 0.1) is 19.8 Å². The fraction of sp³-hybridized carbons (Fsp3) is 0.733. The number of nitrogens with zero attached hydrogens (tertiary/aromatic N) is 2. The smallest absolute Gasteiger partial charge is 0.191 e. The number of ether oxygens (including phenoxy) is 2. The number of hydrogen-bond donors (Lipinski definition) is 2. The first-order valence-electron chi connectivity index (χ1n) is 7.79. The summed E-state index contributed by atoms with van der Waals surface area (Å²) in [6.45, 7) is 6.93. The third-order valence-electron chi connectivity index (χ3n) is 3.44. The van der Waals surface area contributed by atoms with Crippen molar-refractivity contribution in [2.75, 3.05) is 40.0 Å². The summed E-state index contributed by atoms with van der Waals surface area (Å²) in [6.07, 6.45) is 3.99. The Bertz CT molecular complexity index is 464. The minimum Gasteiger partial charge on any atom is -0.381 e. The van der Waals surface area contributed by atoms with E-state index < -0.39 is 0 Å². The van der Waals surface area contributed by atoms with E-state index in [9.17, 15) is 0 Å². The zero-order chi connectivity index (χ0) is 15.6. The van der Waals surface area contributed by atoms with Crippen LogP contribution in [0.1, 0.15) is 22.7 Å². The van der Waals surface area contributed by atoms with E-state index in [-0.39, 0.29) is 24.0 Å². The van der Waals surface area contributed by atoms with Crippen LogP contribution in [-0.2, 0) is 16.0 Å². The van der Waals surface area contributed by atoms with Crippen molar-refractivity contribution in [2.45, 2.75) is 26.3 Å². The molecular formula is C15H27IN4O2S. The lowest BCUT2D eigenvalue weighted by Crippen LogP contribution is -2.37. The molecule has 1 aliphatic rings. The SMILES string of the molecule is CN=C(NCCCOCC1CCOC1)NCc1ncc(C)s1.I. The van der Waals surface area contributed by atoms with Gasteiger partial charge in [0.1, 0.15) is 5.01 Å². The molecule has 0 amide bonds. The van der Waals surface area contributed by atoms with Crippen LogP contribution in [0.2, 0.25) is 0 Å². The van der Waals surface area contributed by atoms with Gasteiger partial charge in [-0.1, -0.05) is 0 Å². The summed E-state index contributed by atoms with van der Waals surface area (Å²) >= 11 is 1.70. The molecule has 1 aliphatic heterocycles. The summed E-state index contributed by atoms with van der Waals surface area (Å²) in [5.41, 5.74) is 0. The average molecular weight is 454 g/mol. The van der Waals surface area contributed by atoms with Crippen molar-refractivity contribution in [3.63, 3.8) is 0 Å². The number of guanidine groups is 1. The Morgan fingerprint density at radius 3 is 3.04 bits per heavy atom. The molecule has 1 fully saturated rings. The van der Waals surface area contributed by atoms with Gasteiger partial charge < -0.3 is 20.1 Å². The molecule has 1 saturated heterocycles. The lowest BCUT2D eigenvalue weighted by Gasteiger charge is -2.12. The topological polar surface area (TPSA) is 67.8 Å². The Morgan fingerprint density at radius 1 is 1.52 bits per heavy atom. The second-order valence-corrected chi connectivity index (χ2v) is 6.69. The molecule has 0 spiro atoms. The number of hydrogen-bond acceptors (Lipinski definition) is 5. The maximum absolute atomic E-state index is 5.68. The molecule has 1 aromatic rings. The van der Waals surface area contributed by atoms with Gasteiger partial charge in [-0.25, -0.2) is 4.98 Å². The zero-order valence-electron chi connectivity index (χ0n) is 13.8. The van der Waals surface area contributed by atoms with Crippen molar-refractivity contribution >= 4 is 41.3 Å². The minimum absolute atomic E-state index is 0. The molecule has 0 bridgehead atoms. The average Bonchev–Trinajstić information content (AvgIpc) is 3.17. The lowest BCUT2D eigenvalue weighted by atomic mass is 10.1. The van der Waals surface area contributed by atoms with Gasteiger partial charge in [-0.15, -0.1) is 35.3 Å². The highest BCUT2D eigenvalue weighted by molar-refractivity contribution is 14.0. The Kier molecular flexibility index (Phi) is 10.7. The maximum atomic E-state index is 5.68. The quantitative estimate of drug-likeness (QED) is 0.273. The van der Waals surface area contributed by atoms with Crippen LogP contribution in [0.25, 0.3) is 0 Å². The highest BCUT2D eigenvalue weighted by Gasteiger charge is 2.15. The van der Waals surface area contributed by atoms with Gasteiger partial charge in [0.25, 0.3) is 0 Å². The number of rotatable bonds is 8. The Morgan fingerprint density at radius 2 is 2.39 bits per heavy atom. The summed E-state index contributed by atoms with van der Waals surface area (Å²) in [4.78, 5) is 9.75. The van der Waals surface area contributed by atoms with E-state index in [4.69, 9.17) is 9.47 Å². The number of aromatic nitrogens is 1. The van der Waals surface area contributed by atoms with E-state index >= 15 is 0 Å². The molecule has 0 saturated carbocycles. The van der Waals surface area contributed by atoms with Crippen molar-refractivity contribution in [1.82, 2.24) is 15.6 Å². The molecule has 132 valence electrons. The summed E-state index contributed by atoms with van der Waals surface area (Å²) in [7, 11) is 1.78. The normalized spacial score (nSPS) is 17.8.